The summed E-state index contributed by atoms with van der Waals surface area (Å²) in [5.74, 6) is 0. The van der Waals surface area contributed by atoms with E-state index >= 15 is 0 Å². The van der Waals surface area contributed by atoms with Crippen molar-refractivity contribution in [3.05, 3.63) is 54.6 Å². The lowest BCUT2D eigenvalue weighted by Crippen LogP contribution is -2.11. The van der Waals surface area contributed by atoms with E-state index < -0.39 is 21.8 Å². The molecule has 0 atom stereocenters. The van der Waals surface area contributed by atoms with Gasteiger partial charge in [0.2, 0.25) is 0 Å². The molecule has 0 aliphatic carbocycles. The van der Waals surface area contributed by atoms with Crippen LogP contribution in [0.2, 0.25) is 0 Å². The van der Waals surface area contributed by atoms with Gasteiger partial charge in [0.05, 0.1) is 35.5 Å². The monoisotopic (exact) mass is 357 g/mol. The van der Waals surface area contributed by atoms with Crippen LogP contribution in [0.5, 0.6) is 0 Å². The molecular weight excluding hydrogens is 347 g/mol. The maximum Gasteiger partial charge on any atom is 0.416 e. The van der Waals surface area contributed by atoms with E-state index in [1.54, 1.807) is 0 Å². The normalized spacial score (nSPS) is 12.3. The maximum atomic E-state index is 12.7. The van der Waals surface area contributed by atoms with Crippen molar-refractivity contribution in [2.75, 3.05) is 4.72 Å². The molecule has 0 spiro atoms. The molecule has 7 nitrogen and oxygen atoms in total. The fraction of sp³-hybridized carbons (Fsp3) is 0.0769. The van der Waals surface area contributed by atoms with Gasteiger partial charge in [-0.1, -0.05) is 6.07 Å². The molecule has 3 rings (SSSR count). The lowest BCUT2D eigenvalue weighted by molar-refractivity contribution is -0.137. The summed E-state index contributed by atoms with van der Waals surface area (Å²) in [6.07, 6.45) is 0.283. The first-order valence-electron chi connectivity index (χ1n) is 6.50. The number of hydrogen-bond acceptors (Lipinski definition) is 4. The van der Waals surface area contributed by atoms with E-state index in [2.05, 4.69) is 20.0 Å². The number of hydrogen-bond donors (Lipinski definition) is 2. The second-order valence-electron chi connectivity index (χ2n) is 4.76. The Morgan fingerprint density at radius 2 is 2.00 bits per heavy atom. The molecule has 0 saturated carbocycles. The molecule has 2 N–H and O–H groups in total. The summed E-state index contributed by atoms with van der Waals surface area (Å²) in [4.78, 5) is -0.193. The lowest BCUT2D eigenvalue weighted by Gasteiger charge is -2.08. The van der Waals surface area contributed by atoms with Crippen LogP contribution in [0, 0.1) is 0 Å². The van der Waals surface area contributed by atoms with E-state index in [9.17, 15) is 21.6 Å². The van der Waals surface area contributed by atoms with Gasteiger partial charge in [0.1, 0.15) is 4.90 Å². The molecule has 2 aromatic heterocycles. The first-order valence-corrected chi connectivity index (χ1v) is 7.98. The van der Waals surface area contributed by atoms with Gasteiger partial charge in [-0.15, -0.1) is 0 Å². The number of anilines is 1. The fourth-order valence-electron chi connectivity index (χ4n) is 1.93. The van der Waals surface area contributed by atoms with Gasteiger partial charge in [0.15, 0.2) is 0 Å². The number of nitrogens with one attached hydrogen (secondary N) is 2. The number of aromatic amines is 1. The van der Waals surface area contributed by atoms with E-state index in [1.807, 2.05) is 0 Å². The summed E-state index contributed by atoms with van der Waals surface area (Å²) >= 11 is 0. The molecule has 0 aliphatic rings. The van der Waals surface area contributed by atoms with Crippen LogP contribution in [0.25, 0.3) is 5.69 Å². The number of sulfonamides is 1. The summed E-state index contributed by atoms with van der Waals surface area (Å²) in [6, 6.07) is 4.41. The smallest absolute Gasteiger partial charge is 0.284 e. The number of halogens is 3. The van der Waals surface area contributed by atoms with Crippen molar-refractivity contribution in [3.8, 4) is 5.69 Å². The lowest BCUT2D eigenvalue weighted by atomic mass is 10.2. The van der Waals surface area contributed by atoms with Crippen LogP contribution in [-0.4, -0.2) is 28.4 Å². The first-order chi connectivity index (χ1) is 11.3. The highest BCUT2D eigenvalue weighted by Gasteiger charge is 2.30. The third kappa shape index (κ3) is 3.25. The van der Waals surface area contributed by atoms with E-state index in [0.29, 0.717) is 0 Å². The van der Waals surface area contributed by atoms with Crippen molar-refractivity contribution >= 4 is 15.7 Å². The summed E-state index contributed by atoms with van der Waals surface area (Å²) in [5.41, 5.74) is -0.534. The molecule has 0 bridgehead atoms. The molecule has 0 saturated heterocycles. The van der Waals surface area contributed by atoms with Crippen LogP contribution in [-0.2, 0) is 16.2 Å². The van der Waals surface area contributed by atoms with Gasteiger partial charge >= 0.3 is 6.18 Å². The second-order valence-corrected chi connectivity index (χ2v) is 6.44. The number of aromatic nitrogens is 4. The highest BCUT2D eigenvalue weighted by molar-refractivity contribution is 7.92. The quantitative estimate of drug-likeness (QED) is 0.750. The molecule has 2 heterocycles. The molecule has 0 aliphatic heterocycles. The van der Waals surface area contributed by atoms with E-state index in [-0.39, 0.29) is 16.3 Å². The van der Waals surface area contributed by atoms with E-state index in [1.165, 1.54) is 24.5 Å². The first kappa shape index (κ1) is 16.1. The molecule has 3 aromatic rings. The SMILES string of the molecule is O=S(=O)(Nc1cn[nH]c1)c1cnn(-c2cccc(C(F)(F)F)c2)c1. The summed E-state index contributed by atoms with van der Waals surface area (Å²) in [6.45, 7) is 0. The predicted octanol–water partition coefficient (Wildman–Crippen LogP) is 2.42. The minimum Gasteiger partial charge on any atom is -0.284 e. The Balaban J connectivity index is 1.91. The molecule has 24 heavy (non-hydrogen) atoms. The highest BCUT2D eigenvalue weighted by atomic mass is 32.2. The Morgan fingerprint density at radius 1 is 1.21 bits per heavy atom. The van der Waals surface area contributed by atoms with Crippen molar-refractivity contribution in [2.24, 2.45) is 0 Å². The Labute approximate surface area is 134 Å². The maximum absolute atomic E-state index is 12.7. The topological polar surface area (TPSA) is 92.7 Å². The third-order valence-electron chi connectivity index (χ3n) is 3.06. The van der Waals surface area contributed by atoms with Crippen LogP contribution in [0.3, 0.4) is 0 Å². The zero-order chi connectivity index (χ0) is 17.4. The van der Waals surface area contributed by atoms with Gasteiger partial charge in [0.25, 0.3) is 10.0 Å². The van der Waals surface area contributed by atoms with Gasteiger partial charge in [-0.05, 0) is 18.2 Å². The number of rotatable bonds is 4. The van der Waals surface area contributed by atoms with Crippen LogP contribution in [0.1, 0.15) is 5.56 Å². The van der Waals surface area contributed by atoms with Crippen molar-refractivity contribution < 1.29 is 21.6 Å². The van der Waals surface area contributed by atoms with Gasteiger partial charge in [0, 0.05) is 6.20 Å². The average molecular weight is 357 g/mol. The number of nitrogens with zero attached hydrogens (tertiary/aromatic N) is 3. The van der Waals surface area contributed by atoms with Crippen molar-refractivity contribution in [1.82, 2.24) is 20.0 Å². The second kappa shape index (κ2) is 5.67. The molecule has 0 fully saturated rings. The fourth-order valence-corrected chi connectivity index (χ4v) is 2.90. The summed E-state index contributed by atoms with van der Waals surface area (Å²) in [5, 5.41) is 9.87. The van der Waals surface area contributed by atoms with Crippen LogP contribution < -0.4 is 4.72 Å². The van der Waals surface area contributed by atoms with Gasteiger partial charge in [-0.25, -0.2) is 13.1 Å². The molecule has 11 heteroatoms. The molecule has 1 aromatic carbocycles. The minimum absolute atomic E-state index is 0.0922. The summed E-state index contributed by atoms with van der Waals surface area (Å²) in [7, 11) is -3.92. The molecular formula is C13H10F3N5O2S. The van der Waals surface area contributed by atoms with Crippen LogP contribution in [0.4, 0.5) is 18.9 Å². The molecule has 0 unspecified atom stereocenters. The minimum atomic E-state index is -4.50. The predicted molar refractivity (Wildman–Crippen MR) is 78.0 cm³/mol. The van der Waals surface area contributed by atoms with E-state index in [4.69, 9.17) is 0 Å². The average Bonchev–Trinajstić information content (AvgIpc) is 3.17. The Hall–Kier alpha value is -2.82. The highest BCUT2D eigenvalue weighted by Crippen LogP contribution is 2.30. The Kier molecular flexibility index (Phi) is 3.79. The van der Waals surface area contributed by atoms with Gasteiger partial charge < -0.3 is 0 Å². The van der Waals surface area contributed by atoms with Gasteiger partial charge in [-0.3, -0.25) is 9.82 Å². The van der Waals surface area contributed by atoms with E-state index in [0.717, 1.165) is 29.2 Å². The van der Waals surface area contributed by atoms with Crippen molar-refractivity contribution in [2.45, 2.75) is 11.1 Å². The van der Waals surface area contributed by atoms with Crippen molar-refractivity contribution in [3.63, 3.8) is 0 Å². The zero-order valence-electron chi connectivity index (χ0n) is 11.8. The number of H-pyrrole nitrogens is 1. The zero-order valence-corrected chi connectivity index (χ0v) is 12.6. The van der Waals surface area contributed by atoms with Crippen LogP contribution in [0.15, 0.2) is 53.9 Å². The largest absolute Gasteiger partial charge is 0.416 e. The third-order valence-corrected chi connectivity index (χ3v) is 4.39. The molecule has 0 radical (unpaired) electrons. The van der Waals surface area contributed by atoms with Gasteiger partial charge in [-0.2, -0.15) is 23.4 Å². The number of benzene rings is 1. The molecule has 126 valence electrons. The Bertz CT molecular complexity index is 948. The number of alkyl halides is 3. The standard InChI is InChI=1S/C13H10F3N5O2S/c14-13(15,16)9-2-1-3-11(4-9)21-8-12(7-19-21)24(22,23)20-10-5-17-18-6-10/h1-8,20H,(H,17,18). The summed E-state index contributed by atoms with van der Waals surface area (Å²) < 4.78 is 65.9. The van der Waals surface area contributed by atoms with Crippen LogP contribution >= 0.6 is 0 Å². The van der Waals surface area contributed by atoms with Crippen molar-refractivity contribution in [1.29, 1.82) is 0 Å². The Morgan fingerprint density at radius 3 is 2.67 bits per heavy atom. The molecule has 0 amide bonds.